The second-order valence-electron chi connectivity index (χ2n) is 3.11. The van der Waals surface area contributed by atoms with Crippen LogP contribution in [-0.4, -0.2) is 13.1 Å². The lowest BCUT2D eigenvalue weighted by molar-refractivity contribution is -0.128. The summed E-state index contributed by atoms with van der Waals surface area (Å²) in [6.07, 6.45) is 0.602. The summed E-state index contributed by atoms with van der Waals surface area (Å²) in [4.78, 5) is 9.95. The summed E-state index contributed by atoms with van der Waals surface area (Å²) in [6.45, 7) is 0.795. The van der Waals surface area contributed by atoms with Gasteiger partial charge in [-0.15, -0.1) is 0 Å². The fourth-order valence-electron chi connectivity index (χ4n) is 1.39. The molecule has 1 heterocycles. The van der Waals surface area contributed by atoms with Gasteiger partial charge in [-0.25, -0.2) is 0 Å². The SMILES string of the molecule is O=COCCc1cc2ccc(Br)cc2o1. The lowest BCUT2D eigenvalue weighted by Crippen LogP contribution is -1.94. The van der Waals surface area contributed by atoms with Crippen LogP contribution < -0.4 is 0 Å². The molecule has 0 bridgehead atoms. The van der Waals surface area contributed by atoms with Gasteiger partial charge in [-0.1, -0.05) is 15.9 Å². The summed E-state index contributed by atoms with van der Waals surface area (Å²) >= 11 is 3.37. The molecule has 0 unspecified atom stereocenters. The van der Waals surface area contributed by atoms with Gasteiger partial charge in [-0.3, -0.25) is 4.79 Å². The monoisotopic (exact) mass is 268 g/mol. The van der Waals surface area contributed by atoms with Crippen molar-refractivity contribution in [1.82, 2.24) is 0 Å². The smallest absolute Gasteiger partial charge is 0.293 e. The third-order valence-electron chi connectivity index (χ3n) is 2.07. The van der Waals surface area contributed by atoms with Gasteiger partial charge in [0.25, 0.3) is 6.47 Å². The zero-order chi connectivity index (χ0) is 10.7. The number of carbonyl (C=O) groups is 1. The zero-order valence-electron chi connectivity index (χ0n) is 7.90. The van der Waals surface area contributed by atoms with E-state index in [4.69, 9.17) is 4.42 Å². The van der Waals surface area contributed by atoms with Gasteiger partial charge < -0.3 is 9.15 Å². The molecule has 0 aliphatic heterocycles. The van der Waals surface area contributed by atoms with Crippen LogP contribution in [0.15, 0.2) is 33.2 Å². The maximum atomic E-state index is 9.95. The molecule has 0 aliphatic rings. The zero-order valence-corrected chi connectivity index (χ0v) is 9.49. The Morgan fingerprint density at radius 2 is 2.27 bits per heavy atom. The van der Waals surface area contributed by atoms with Crippen molar-refractivity contribution in [3.63, 3.8) is 0 Å². The lowest BCUT2D eigenvalue weighted by atomic mass is 10.2. The molecule has 3 nitrogen and oxygen atoms in total. The first kappa shape index (κ1) is 10.2. The highest BCUT2D eigenvalue weighted by atomic mass is 79.9. The molecule has 1 aromatic carbocycles. The number of halogens is 1. The summed E-state index contributed by atoms with van der Waals surface area (Å²) in [7, 11) is 0. The molecular weight excluding hydrogens is 260 g/mol. The summed E-state index contributed by atoms with van der Waals surface area (Å²) in [5, 5.41) is 1.05. The second kappa shape index (κ2) is 4.49. The van der Waals surface area contributed by atoms with Gasteiger partial charge in [0.2, 0.25) is 0 Å². The van der Waals surface area contributed by atoms with Gasteiger partial charge in [0.05, 0.1) is 6.61 Å². The number of benzene rings is 1. The summed E-state index contributed by atoms with van der Waals surface area (Å²) in [6, 6.07) is 7.81. The summed E-state index contributed by atoms with van der Waals surface area (Å²) in [5.41, 5.74) is 0.838. The minimum Gasteiger partial charge on any atom is -0.467 e. The number of furan rings is 1. The lowest BCUT2D eigenvalue weighted by Gasteiger charge is -1.93. The van der Waals surface area contributed by atoms with Crippen LogP contribution >= 0.6 is 15.9 Å². The van der Waals surface area contributed by atoms with E-state index in [1.54, 1.807) is 0 Å². The molecule has 2 rings (SSSR count). The topological polar surface area (TPSA) is 39.4 Å². The van der Waals surface area contributed by atoms with E-state index in [0.717, 1.165) is 21.2 Å². The number of fused-ring (bicyclic) bond motifs is 1. The fraction of sp³-hybridized carbons (Fsp3) is 0.182. The van der Waals surface area contributed by atoms with E-state index in [1.165, 1.54) is 0 Å². The molecule has 0 radical (unpaired) electrons. The molecule has 0 amide bonds. The Kier molecular flexibility index (Phi) is 3.06. The highest BCUT2D eigenvalue weighted by molar-refractivity contribution is 9.10. The van der Waals surface area contributed by atoms with Crippen LogP contribution in [0.1, 0.15) is 5.76 Å². The van der Waals surface area contributed by atoms with E-state index >= 15 is 0 Å². The molecule has 1 aromatic heterocycles. The molecule has 2 aromatic rings. The molecular formula is C11H9BrO3. The van der Waals surface area contributed by atoms with E-state index in [9.17, 15) is 4.79 Å². The van der Waals surface area contributed by atoms with Crippen molar-refractivity contribution in [2.75, 3.05) is 6.61 Å². The Bertz CT molecular complexity index is 476. The average Bonchev–Trinajstić information content (AvgIpc) is 2.60. The molecule has 0 N–H and O–H groups in total. The first-order valence-electron chi connectivity index (χ1n) is 4.53. The Morgan fingerprint density at radius 3 is 3.07 bits per heavy atom. The van der Waals surface area contributed by atoms with Crippen molar-refractivity contribution in [2.45, 2.75) is 6.42 Å². The molecule has 0 atom stereocenters. The van der Waals surface area contributed by atoms with Crippen LogP contribution in [0.5, 0.6) is 0 Å². The Hall–Kier alpha value is -1.29. The number of rotatable bonds is 4. The minimum atomic E-state index is 0.352. The molecule has 15 heavy (non-hydrogen) atoms. The maximum Gasteiger partial charge on any atom is 0.293 e. The quantitative estimate of drug-likeness (QED) is 0.632. The standard InChI is InChI=1S/C11H9BrO3/c12-9-2-1-8-5-10(3-4-14-7-13)15-11(8)6-9/h1-2,5-7H,3-4H2. The second-order valence-corrected chi connectivity index (χ2v) is 4.03. The molecule has 0 spiro atoms. The van der Waals surface area contributed by atoms with Gasteiger partial charge in [0.15, 0.2) is 0 Å². The van der Waals surface area contributed by atoms with Crippen molar-refractivity contribution in [1.29, 1.82) is 0 Å². The van der Waals surface area contributed by atoms with Crippen molar-refractivity contribution < 1.29 is 13.9 Å². The third kappa shape index (κ3) is 2.39. The largest absolute Gasteiger partial charge is 0.467 e. The number of carbonyl (C=O) groups excluding carboxylic acids is 1. The van der Waals surface area contributed by atoms with E-state index in [2.05, 4.69) is 20.7 Å². The minimum absolute atomic E-state index is 0.352. The predicted octanol–water partition coefficient (Wildman–Crippen LogP) is 2.91. The number of ether oxygens (including phenoxy) is 1. The summed E-state index contributed by atoms with van der Waals surface area (Å²) in [5.74, 6) is 0.824. The van der Waals surface area contributed by atoms with Gasteiger partial charge in [0.1, 0.15) is 11.3 Å². The van der Waals surface area contributed by atoms with Crippen molar-refractivity contribution >= 4 is 33.4 Å². The Morgan fingerprint density at radius 1 is 1.40 bits per heavy atom. The highest BCUT2D eigenvalue weighted by Crippen LogP contribution is 2.23. The first-order valence-corrected chi connectivity index (χ1v) is 5.32. The predicted molar refractivity (Wildman–Crippen MR) is 59.6 cm³/mol. The van der Waals surface area contributed by atoms with Gasteiger partial charge in [-0.2, -0.15) is 0 Å². The van der Waals surface area contributed by atoms with Gasteiger partial charge in [0, 0.05) is 16.3 Å². The number of hydrogen-bond acceptors (Lipinski definition) is 3. The fourth-order valence-corrected chi connectivity index (χ4v) is 1.73. The molecule has 4 heteroatoms. The third-order valence-corrected chi connectivity index (χ3v) is 2.56. The van der Waals surface area contributed by atoms with Crippen LogP contribution in [0.4, 0.5) is 0 Å². The van der Waals surface area contributed by atoms with Gasteiger partial charge in [-0.05, 0) is 24.3 Å². The first-order chi connectivity index (χ1) is 7.29. The normalized spacial score (nSPS) is 10.5. The van der Waals surface area contributed by atoms with E-state index in [-0.39, 0.29) is 0 Å². The van der Waals surface area contributed by atoms with Crippen LogP contribution in [-0.2, 0) is 16.0 Å². The molecule has 0 fully saturated rings. The molecule has 0 saturated heterocycles. The van der Waals surface area contributed by atoms with Crippen LogP contribution in [0.3, 0.4) is 0 Å². The van der Waals surface area contributed by atoms with Crippen molar-refractivity contribution in [2.24, 2.45) is 0 Å². The van der Waals surface area contributed by atoms with Crippen LogP contribution in [0.25, 0.3) is 11.0 Å². The van der Waals surface area contributed by atoms with Gasteiger partial charge >= 0.3 is 0 Å². The van der Waals surface area contributed by atoms with E-state index < -0.39 is 0 Å². The van der Waals surface area contributed by atoms with Crippen LogP contribution in [0.2, 0.25) is 0 Å². The van der Waals surface area contributed by atoms with E-state index in [1.807, 2.05) is 24.3 Å². The Labute approximate surface area is 95.1 Å². The molecule has 0 saturated carbocycles. The van der Waals surface area contributed by atoms with E-state index in [0.29, 0.717) is 19.5 Å². The van der Waals surface area contributed by atoms with Crippen molar-refractivity contribution in [3.05, 3.63) is 34.5 Å². The van der Waals surface area contributed by atoms with Crippen LogP contribution in [0, 0.1) is 0 Å². The molecule has 0 aliphatic carbocycles. The maximum absolute atomic E-state index is 9.95. The highest BCUT2D eigenvalue weighted by Gasteiger charge is 2.03. The average molecular weight is 269 g/mol. The Balaban J connectivity index is 2.19. The van der Waals surface area contributed by atoms with Crippen molar-refractivity contribution in [3.8, 4) is 0 Å². The number of hydrogen-bond donors (Lipinski definition) is 0. The molecule has 78 valence electrons. The summed E-state index contributed by atoms with van der Waals surface area (Å²) < 4.78 is 11.2.